The van der Waals surface area contributed by atoms with Gasteiger partial charge in [-0.3, -0.25) is 4.79 Å². The van der Waals surface area contributed by atoms with Crippen molar-refractivity contribution >= 4 is 17.5 Å². The highest BCUT2D eigenvalue weighted by Gasteiger charge is 2.46. The van der Waals surface area contributed by atoms with Crippen molar-refractivity contribution < 1.29 is 9.53 Å². The van der Waals surface area contributed by atoms with Gasteiger partial charge >= 0.3 is 0 Å². The smallest absolute Gasteiger partial charge is 0.139 e. The Morgan fingerprint density at radius 2 is 1.95 bits per heavy atom. The first-order valence-corrected chi connectivity index (χ1v) is 9.80. The first kappa shape index (κ1) is 14.5. The third-order valence-corrected chi connectivity index (χ3v) is 7.69. The maximum atomic E-state index is 13.0. The van der Waals surface area contributed by atoms with E-state index >= 15 is 0 Å². The van der Waals surface area contributed by atoms with Crippen LogP contribution in [-0.2, 0) is 9.53 Å². The molecule has 4 heterocycles. The van der Waals surface area contributed by atoms with Crippen molar-refractivity contribution in [3.8, 4) is 0 Å². The number of rotatable bonds is 2. The Labute approximate surface area is 132 Å². The predicted octanol–water partition coefficient (Wildman–Crippen LogP) is 2.73. The van der Waals surface area contributed by atoms with E-state index in [0.717, 1.165) is 44.5 Å². The number of hydrogen-bond donors (Lipinski definition) is 0. The molecule has 0 amide bonds. The molecule has 21 heavy (non-hydrogen) atoms. The summed E-state index contributed by atoms with van der Waals surface area (Å²) in [7, 11) is 2.25. The van der Waals surface area contributed by atoms with Crippen molar-refractivity contribution in [1.82, 2.24) is 4.90 Å². The van der Waals surface area contributed by atoms with E-state index in [1.54, 1.807) is 0 Å². The van der Waals surface area contributed by atoms with Crippen LogP contribution >= 0.6 is 11.8 Å². The van der Waals surface area contributed by atoms with Gasteiger partial charge in [-0.05, 0) is 57.7 Å². The number of thioether (sulfide) groups is 1. The summed E-state index contributed by atoms with van der Waals surface area (Å²) in [5.74, 6) is 3.52. The Kier molecular flexibility index (Phi) is 3.83. The molecule has 0 N–H and O–H groups in total. The van der Waals surface area contributed by atoms with Crippen molar-refractivity contribution in [2.24, 2.45) is 11.8 Å². The summed E-state index contributed by atoms with van der Waals surface area (Å²) in [6, 6.07) is 1.35. The number of piperidine rings is 1. The molecule has 4 aliphatic heterocycles. The van der Waals surface area contributed by atoms with E-state index in [-0.39, 0.29) is 11.5 Å². The molecule has 0 radical (unpaired) electrons. The van der Waals surface area contributed by atoms with Gasteiger partial charge in [0.2, 0.25) is 0 Å². The summed E-state index contributed by atoms with van der Waals surface area (Å²) in [4.78, 5) is 15.6. The van der Waals surface area contributed by atoms with Gasteiger partial charge in [0.05, 0.1) is 5.60 Å². The molecule has 4 atom stereocenters. The van der Waals surface area contributed by atoms with Gasteiger partial charge in [0.1, 0.15) is 5.78 Å². The van der Waals surface area contributed by atoms with E-state index in [4.69, 9.17) is 4.74 Å². The summed E-state index contributed by atoms with van der Waals surface area (Å²) in [6.45, 7) is 0.802. The predicted molar refractivity (Wildman–Crippen MR) is 85.7 cm³/mol. The van der Waals surface area contributed by atoms with Crippen molar-refractivity contribution in [3.05, 3.63) is 0 Å². The highest BCUT2D eigenvalue weighted by molar-refractivity contribution is 7.99. The second kappa shape index (κ2) is 5.54. The minimum atomic E-state index is 0.0493. The lowest BCUT2D eigenvalue weighted by Crippen LogP contribution is -2.46. The number of hydrogen-bond acceptors (Lipinski definition) is 4. The molecule has 4 fully saturated rings. The van der Waals surface area contributed by atoms with Crippen LogP contribution in [0, 0.1) is 11.8 Å². The zero-order chi connectivity index (χ0) is 14.4. The van der Waals surface area contributed by atoms with Gasteiger partial charge in [-0.2, -0.15) is 11.8 Å². The lowest BCUT2D eigenvalue weighted by molar-refractivity contribution is -0.139. The van der Waals surface area contributed by atoms with Gasteiger partial charge in [0, 0.05) is 36.3 Å². The van der Waals surface area contributed by atoms with Crippen LogP contribution in [0.1, 0.15) is 44.9 Å². The van der Waals surface area contributed by atoms with Crippen LogP contribution in [0.15, 0.2) is 0 Å². The number of ketones is 1. The summed E-state index contributed by atoms with van der Waals surface area (Å²) >= 11 is 2.00. The van der Waals surface area contributed by atoms with Gasteiger partial charge in [-0.1, -0.05) is 0 Å². The Morgan fingerprint density at radius 1 is 1.19 bits per heavy atom. The van der Waals surface area contributed by atoms with E-state index in [1.165, 1.54) is 18.6 Å². The molecule has 118 valence electrons. The fourth-order valence-corrected chi connectivity index (χ4v) is 6.49. The molecule has 0 aromatic rings. The molecule has 4 rings (SSSR count). The van der Waals surface area contributed by atoms with Crippen LogP contribution in [0.25, 0.3) is 0 Å². The van der Waals surface area contributed by atoms with Crippen LogP contribution in [0.3, 0.4) is 0 Å². The summed E-state index contributed by atoms with van der Waals surface area (Å²) in [6.07, 6.45) is 7.96. The van der Waals surface area contributed by atoms with Crippen molar-refractivity contribution in [2.75, 3.05) is 25.2 Å². The van der Waals surface area contributed by atoms with E-state index < -0.39 is 0 Å². The van der Waals surface area contributed by atoms with Gasteiger partial charge in [0.25, 0.3) is 0 Å². The first-order chi connectivity index (χ1) is 10.2. The quantitative estimate of drug-likeness (QED) is 0.784. The molecule has 4 unspecified atom stereocenters. The van der Waals surface area contributed by atoms with Crippen molar-refractivity contribution in [2.45, 2.75) is 62.6 Å². The largest absolute Gasteiger partial charge is 0.374 e. The second-order valence-electron chi connectivity index (χ2n) is 7.64. The zero-order valence-electron chi connectivity index (χ0n) is 13.1. The van der Waals surface area contributed by atoms with Gasteiger partial charge < -0.3 is 9.64 Å². The number of fused-ring (bicyclic) bond motifs is 2. The average Bonchev–Trinajstić information content (AvgIpc) is 2.99. The van der Waals surface area contributed by atoms with Gasteiger partial charge in [0.15, 0.2) is 0 Å². The van der Waals surface area contributed by atoms with E-state index in [0.29, 0.717) is 23.8 Å². The van der Waals surface area contributed by atoms with Gasteiger partial charge in [-0.15, -0.1) is 0 Å². The molecule has 2 bridgehead atoms. The summed E-state index contributed by atoms with van der Waals surface area (Å²) in [5, 5.41) is 0. The van der Waals surface area contributed by atoms with Crippen LogP contribution < -0.4 is 0 Å². The number of carbonyl (C=O) groups excluding carboxylic acids is 1. The van der Waals surface area contributed by atoms with Crippen LogP contribution in [-0.4, -0.2) is 53.5 Å². The van der Waals surface area contributed by atoms with Crippen LogP contribution in [0.2, 0.25) is 0 Å². The van der Waals surface area contributed by atoms with Crippen molar-refractivity contribution in [1.29, 1.82) is 0 Å². The number of Topliss-reactive ketones (excluding diaryl/α,β-unsaturated/α-hetero) is 1. The Morgan fingerprint density at radius 3 is 2.62 bits per heavy atom. The minimum absolute atomic E-state index is 0.0493. The van der Waals surface area contributed by atoms with Crippen LogP contribution in [0.4, 0.5) is 0 Å². The van der Waals surface area contributed by atoms with Gasteiger partial charge in [-0.25, -0.2) is 0 Å². The lowest BCUT2D eigenvalue weighted by atomic mass is 9.76. The SMILES string of the molecule is CN1C2CCC1CC(C(=O)C1CCOC3(CCSC3)C1)C2. The number of carbonyl (C=O) groups is 1. The molecule has 0 aliphatic carbocycles. The third kappa shape index (κ3) is 2.57. The molecule has 0 aromatic carbocycles. The molecule has 0 aromatic heterocycles. The lowest BCUT2D eigenvalue weighted by Gasteiger charge is -2.41. The monoisotopic (exact) mass is 309 g/mol. The van der Waals surface area contributed by atoms with E-state index in [9.17, 15) is 4.79 Å². The Balaban J connectivity index is 1.43. The third-order valence-electron chi connectivity index (χ3n) is 6.46. The first-order valence-electron chi connectivity index (χ1n) is 8.64. The fourth-order valence-electron chi connectivity index (χ4n) is 5.11. The molecular weight excluding hydrogens is 282 g/mol. The van der Waals surface area contributed by atoms with Crippen molar-refractivity contribution in [3.63, 3.8) is 0 Å². The fraction of sp³-hybridized carbons (Fsp3) is 0.941. The minimum Gasteiger partial charge on any atom is -0.374 e. The molecule has 4 aliphatic rings. The molecule has 0 saturated carbocycles. The topological polar surface area (TPSA) is 29.5 Å². The molecular formula is C17H27NO2S. The second-order valence-corrected chi connectivity index (χ2v) is 8.75. The zero-order valence-corrected chi connectivity index (χ0v) is 13.9. The maximum absolute atomic E-state index is 13.0. The summed E-state index contributed by atoms with van der Waals surface area (Å²) < 4.78 is 6.08. The maximum Gasteiger partial charge on any atom is 0.139 e. The van der Waals surface area contributed by atoms with Crippen LogP contribution in [0.5, 0.6) is 0 Å². The Hall–Kier alpha value is -0.0600. The average molecular weight is 309 g/mol. The highest BCUT2D eigenvalue weighted by Crippen LogP contribution is 2.44. The van der Waals surface area contributed by atoms with E-state index in [1.807, 2.05) is 11.8 Å². The molecule has 3 nitrogen and oxygen atoms in total. The molecule has 1 spiro atoms. The van der Waals surface area contributed by atoms with E-state index in [2.05, 4.69) is 11.9 Å². The Bertz CT molecular complexity index is 407. The molecule has 4 heteroatoms. The molecule has 4 saturated heterocycles. The summed E-state index contributed by atoms with van der Waals surface area (Å²) in [5.41, 5.74) is 0.0493. The number of nitrogens with zero attached hydrogens (tertiary/aromatic N) is 1. The number of ether oxygens (including phenoxy) is 1. The normalized spacial score (nSPS) is 47.1. The standard InChI is InChI=1S/C17H27NO2S/c1-18-14-2-3-15(18)9-13(8-14)16(19)12-4-6-20-17(10-12)5-7-21-11-17/h12-15H,2-11H2,1H3. The highest BCUT2D eigenvalue weighted by atomic mass is 32.2.